The molecule has 3 N–H and O–H groups in total. The molecule has 2 rings (SSSR count). The normalized spacial score (nSPS) is 11.6. The van der Waals surface area contributed by atoms with Crippen LogP contribution in [0.5, 0.6) is 17.2 Å². The van der Waals surface area contributed by atoms with Gasteiger partial charge in [-0.2, -0.15) is 4.99 Å². The van der Waals surface area contributed by atoms with Gasteiger partial charge in [-0.3, -0.25) is 9.59 Å². The topological polar surface area (TPSA) is 114 Å². The van der Waals surface area contributed by atoms with Gasteiger partial charge in [-0.1, -0.05) is 6.92 Å². The van der Waals surface area contributed by atoms with E-state index in [0.717, 1.165) is 25.0 Å². The van der Waals surface area contributed by atoms with Gasteiger partial charge in [0.2, 0.25) is 5.91 Å². The molecule has 0 saturated heterocycles. The highest BCUT2D eigenvalue weighted by atomic mass is 16.5. The molecule has 196 valence electrons. The van der Waals surface area contributed by atoms with E-state index < -0.39 is 0 Å². The van der Waals surface area contributed by atoms with E-state index in [-0.39, 0.29) is 41.0 Å². The van der Waals surface area contributed by atoms with Crippen LogP contribution < -0.4 is 15.2 Å². The molecule has 2 amide bonds. The fourth-order valence-electron chi connectivity index (χ4n) is 3.75. The van der Waals surface area contributed by atoms with Gasteiger partial charge in [0.25, 0.3) is 5.91 Å². The quantitative estimate of drug-likeness (QED) is 0.231. The second kappa shape index (κ2) is 14.1. The van der Waals surface area contributed by atoms with Gasteiger partial charge in [0.15, 0.2) is 0 Å². The minimum Gasteiger partial charge on any atom is -0.507 e. The molecule has 0 atom stereocenters. The third kappa shape index (κ3) is 8.59. The molecule has 2 aromatic carbocycles. The molecule has 36 heavy (non-hydrogen) atoms. The van der Waals surface area contributed by atoms with E-state index in [2.05, 4.69) is 4.99 Å². The van der Waals surface area contributed by atoms with Crippen LogP contribution in [-0.2, 0) is 4.79 Å². The summed E-state index contributed by atoms with van der Waals surface area (Å²) in [5.41, 5.74) is 6.80. The van der Waals surface area contributed by atoms with Crippen molar-refractivity contribution < 1.29 is 24.2 Å². The minimum atomic E-state index is -0.250. The van der Waals surface area contributed by atoms with Gasteiger partial charge in [-0.05, 0) is 83.4 Å². The number of nitrogens with two attached hydrogens (primary N) is 1. The summed E-state index contributed by atoms with van der Waals surface area (Å²) in [7, 11) is 0. The molecule has 0 aliphatic rings. The predicted molar refractivity (Wildman–Crippen MR) is 142 cm³/mol. The number of hydrogen-bond donors (Lipinski definition) is 2. The van der Waals surface area contributed by atoms with Crippen LogP contribution in [0.25, 0.3) is 0 Å². The molecule has 0 aliphatic heterocycles. The number of hydrogen-bond acceptors (Lipinski definition) is 5. The number of rotatable bonds is 13. The van der Waals surface area contributed by atoms with Crippen LogP contribution in [0.2, 0.25) is 0 Å². The van der Waals surface area contributed by atoms with Crippen molar-refractivity contribution in [1.82, 2.24) is 4.90 Å². The minimum absolute atomic E-state index is 0.0342. The maximum atomic E-state index is 12.8. The molecule has 2 aromatic rings. The van der Waals surface area contributed by atoms with Gasteiger partial charge in [0.05, 0.1) is 18.8 Å². The number of carbonyl (C=O) groups is 2. The van der Waals surface area contributed by atoms with Gasteiger partial charge >= 0.3 is 0 Å². The number of amidine groups is 1. The van der Waals surface area contributed by atoms with Crippen molar-refractivity contribution in [2.24, 2.45) is 10.7 Å². The van der Waals surface area contributed by atoms with Crippen molar-refractivity contribution in [2.45, 2.75) is 72.4 Å². The number of aromatic hydroxyl groups is 1. The van der Waals surface area contributed by atoms with Crippen molar-refractivity contribution in [3.05, 3.63) is 53.6 Å². The molecule has 0 fully saturated rings. The second-order valence-corrected chi connectivity index (χ2v) is 9.11. The van der Waals surface area contributed by atoms with Gasteiger partial charge < -0.3 is 25.2 Å². The molecule has 0 aliphatic carbocycles. The highest BCUT2D eigenvalue weighted by molar-refractivity contribution is 6.04. The summed E-state index contributed by atoms with van der Waals surface area (Å²) in [6.45, 7) is 10.6. The lowest BCUT2D eigenvalue weighted by Gasteiger charge is -2.31. The van der Waals surface area contributed by atoms with Crippen LogP contribution in [-0.4, -0.2) is 53.0 Å². The Kier molecular flexibility index (Phi) is 11.2. The van der Waals surface area contributed by atoms with E-state index in [9.17, 15) is 14.7 Å². The first-order valence-corrected chi connectivity index (χ1v) is 12.5. The highest BCUT2D eigenvalue weighted by Crippen LogP contribution is 2.26. The van der Waals surface area contributed by atoms with Crippen LogP contribution in [0.4, 0.5) is 0 Å². The maximum Gasteiger partial charge on any atom is 0.258 e. The number of nitrogens with zero attached hydrogens (tertiary/aromatic N) is 2. The first-order chi connectivity index (χ1) is 17.1. The number of ether oxygens (including phenoxy) is 2. The van der Waals surface area contributed by atoms with Crippen molar-refractivity contribution in [3.8, 4) is 17.2 Å². The number of carbonyl (C=O) groups excluding carboxylic acids is 2. The Morgan fingerprint density at radius 1 is 0.917 bits per heavy atom. The second-order valence-electron chi connectivity index (χ2n) is 9.11. The summed E-state index contributed by atoms with van der Waals surface area (Å²) >= 11 is 0. The van der Waals surface area contributed by atoms with Crippen LogP contribution in [0, 0.1) is 0 Å². The molecular weight excluding hydrogens is 458 g/mol. The molecule has 8 nitrogen and oxygen atoms in total. The number of phenolic OH excluding ortho intramolecular Hbond substituents is 1. The standard InChI is InChI=1S/C28H39N3O5/c1-6-26(33)30-27(29)21-10-12-22(13-11-21)35-16-8-7-9-17-36-23-14-15-24(25(32)18-23)28(34)31(19(2)3)20(4)5/h10-15,18-20,32H,6-9,16-17H2,1-5H3,(H2,29,30,33). The maximum absolute atomic E-state index is 12.8. The SMILES string of the molecule is CCC(=O)N=C(N)c1ccc(OCCCCCOc2ccc(C(=O)N(C(C)C)C(C)C)c(O)c2)cc1. The highest BCUT2D eigenvalue weighted by Gasteiger charge is 2.24. The molecule has 0 spiro atoms. The molecular formula is C28H39N3O5. The Labute approximate surface area is 214 Å². The Balaban J connectivity index is 1.72. The van der Waals surface area contributed by atoms with Crippen LogP contribution in [0.1, 0.15) is 76.2 Å². The van der Waals surface area contributed by atoms with E-state index in [4.69, 9.17) is 15.2 Å². The smallest absolute Gasteiger partial charge is 0.258 e. The first kappa shape index (κ1) is 28.7. The third-order valence-corrected chi connectivity index (χ3v) is 5.57. The summed E-state index contributed by atoms with van der Waals surface area (Å²) in [4.78, 5) is 29.8. The van der Waals surface area contributed by atoms with Crippen molar-refractivity contribution in [3.63, 3.8) is 0 Å². The Hall–Kier alpha value is -3.55. The number of amides is 2. The van der Waals surface area contributed by atoms with Crippen molar-refractivity contribution in [2.75, 3.05) is 13.2 Å². The largest absolute Gasteiger partial charge is 0.507 e. The van der Waals surface area contributed by atoms with Crippen LogP contribution >= 0.6 is 0 Å². The van der Waals surface area contributed by atoms with Gasteiger partial charge in [-0.25, -0.2) is 0 Å². The molecule has 8 heteroatoms. The zero-order chi connectivity index (χ0) is 26.7. The summed E-state index contributed by atoms with van der Waals surface area (Å²) in [6.07, 6.45) is 2.92. The van der Waals surface area contributed by atoms with Crippen LogP contribution in [0.15, 0.2) is 47.5 Å². The van der Waals surface area contributed by atoms with E-state index in [0.29, 0.717) is 30.9 Å². The Morgan fingerprint density at radius 2 is 1.47 bits per heavy atom. The fourth-order valence-corrected chi connectivity index (χ4v) is 3.75. The summed E-state index contributed by atoms with van der Waals surface area (Å²) in [5, 5.41) is 10.4. The monoisotopic (exact) mass is 497 g/mol. The van der Waals surface area contributed by atoms with E-state index in [1.54, 1.807) is 48.2 Å². The third-order valence-electron chi connectivity index (χ3n) is 5.57. The lowest BCUT2D eigenvalue weighted by molar-refractivity contribution is -0.117. The van der Waals surface area contributed by atoms with Gasteiger partial charge in [0, 0.05) is 30.1 Å². The van der Waals surface area contributed by atoms with E-state index in [1.165, 1.54) is 6.07 Å². The average Bonchev–Trinajstić information content (AvgIpc) is 2.83. The first-order valence-electron chi connectivity index (χ1n) is 12.5. The van der Waals surface area contributed by atoms with E-state index in [1.807, 2.05) is 27.7 Å². The number of aliphatic imine (C=N–C) groups is 1. The van der Waals surface area contributed by atoms with Crippen molar-refractivity contribution in [1.29, 1.82) is 0 Å². The molecule has 0 saturated carbocycles. The van der Waals surface area contributed by atoms with E-state index >= 15 is 0 Å². The van der Waals surface area contributed by atoms with Crippen molar-refractivity contribution >= 4 is 17.6 Å². The molecule has 0 unspecified atom stereocenters. The number of phenols is 1. The summed E-state index contributed by atoms with van der Waals surface area (Å²) < 4.78 is 11.5. The van der Waals surface area contributed by atoms with Gasteiger partial charge in [-0.15, -0.1) is 0 Å². The Morgan fingerprint density at radius 3 is 2.00 bits per heavy atom. The molecule has 0 bridgehead atoms. The predicted octanol–water partition coefficient (Wildman–Crippen LogP) is 4.92. The summed E-state index contributed by atoms with van der Waals surface area (Å²) in [6, 6.07) is 12.1. The van der Waals surface area contributed by atoms with Gasteiger partial charge in [0.1, 0.15) is 23.1 Å². The summed E-state index contributed by atoms with van der Waals surface area (Å²) in [5.74, 6) is 0.944. The lowest BCUT2D eigenvalue weighted by atomic mass is 10.1. The molecule has 0 heterocycles. The zero-order valence-electron chi connectivity index (χ0n) is 22.0. The Bertz CT molecular complexity index is 1020. The number of unbranched alkanes of at least 4 members (excludes halogenated alkanes) is 2. The molecule has 0 aromatic heterocycles. The average molecular weight is 498 g/mol. The number of benzene rings is 2. The van der Waals surface area contributed by atoms with Crippen LogP contribution in [0.3, 0.4) is 0 Å². The zero-order valence-corrected chi connectivity index (χ0v) is 22.0. The fraction of sp³-hybridized carbons (Fsp3) is 0.464. The lowest BCUT2D eigenvalue weighted by Crippen LogP contribution is -2.42. The molecule has 0 radical (unpaired) electrons.